The van der Waals surface area contributed by atoms with Crippen LogP contribution >= 0.6 is 23.2 Å². The SMILES string of the molecule is O=C(O)CNC(=O)[C@@H]1C[C@H]1c1ccc(Cl)cc1Cl. The largest absolute Gasteiger partial charge is 0.480 e. The first-order valence-corrected chi connectivity index (χ1v) is 6.19. The molecule has 1 aliphatic carbocycles. The lowest BCUT2D eigenvalue weighted by Gasteiger charge is -2.04. The second kappa shape index (κ2) is 5.16. The highest BCUT2D eigenvalue weighted by Crippen LogP contribution is 2.49. The molecule has 2 atom stereocenters. The van der Waals surface area contributed by atoms with E-state index >= 15 is 0 Å². The van der Waals surface area contributed by atoms with Crippen molar-refractivity contribution in [2.24, 2.45) is 5.92 Å². The van der Waals surface area contributed by atoms with Crippen LogP contribution in [0.3, 0.4) is 0 Å². The number of halogens is 2. The van der Waals surface area contributed by atoms with E-state index in [1.54, 1.807) is 18.2 Å². The molecular weight excluding hydrogens is 277 g/mol. The van der Waals surface area contributed by atoms with Gasteiger partial charge in [0.2, 0.25) is 5.91 Å². The van der Waals surface area contributed by atoms with Gasteiger partial charge in [-0.3, -0.25) is 9.59 Å². The Morgan fingerprint density at radius 2 is 2.11 bits per heavy atom. The van der Waals surface area contributed by atoms with Crippen LogP contribution in [0.25, 0.3) is 0 Å². The van der Waals surface area contributed by atoms with Gasteiger partial charge in [-0.1, -0.05) is 29.3 Å². The smallest absolute Gasteiger partial charge is 0.322 e. The van der Waals surface area contributed by atoms with Crippen molar-refractivity contribution in [3.05, 3.63) is 33.8 Å². The molecule has 4 nitrogen and oxygen atoms in total. The third-order valence-electron chi connectivity index (χ3n) is 2.90. The van der Waals surface area contributed by atoms with E-state index in [0.29, 0.717) is 16.5 Å². The molecular formula is C12H11Cl2NO3. The highest BCUT2D eigenvalue weighted by atomic mass is 35.5. The minimum Gasteiger partial charge on any atom is -0.480 e. The molecule has 0 saturated heterocycles. The summed E-state index contributed by atoms with van der Waals surface area (Å²) in [5.41, 5.74) is 0.886. The number of aliphatic carboxylic acids is 1. The lowest BCUT2D eigenvalue weighted by atomic mass is 10.1. The topological polar surface area (TPSA) is 66.4 Å². The van der Waals surface area contributed by atoms with E-state index in [1.807, 2.05) is 0 Å². The number of carbonyl (C=O) groups is 2. The average Bonchev–Trinajstić information content (AvgIpc) is 3.05. The number of hydrogen-bond donors (Lipinski definition) is 2. The first-order chi connectivity index (χ1) is 8.49. The van der Waals surface area contributed by atoms with E-state index in [9.17, 15) is 9.59 Å². The average molecular weight is 288 g/mol. The van der Waals surface area contributed by atoms with Gasteiger partial charge in [-0.05, 0) is 30.0 Å². The van der Waals surface area contributed by atoms with E-state index < -0.39 is 5.97 Å². The molecule has 0 bridgehead atoms. The van der Waals surface area contributed by atoms with E-state index in [-0.39, 0.29) is 24.3 Å². The van der Waals surface area contributed by atoms with Gasteiger partial charge < -0.3 is 10.4 Å². The molecule has 0 unspecified atom stereocenters. The molecule has 2 rings (SSSR count). The molecule has 1 aliphatic rings. The molecule has 2 N–H and O–H groups in total. The van der Waals surface area contributed by atoms with Crippen LogP contribution < -0.4 is 5.32 Å². The van der Waals surface area contributed by atoms with Crippen molar-refractivity contribution >= 4 is 35.1 Å². The summed E-state index contributed by atoms with van der Waals surface area (Å²) in [5.74, 6) is -1.43. The summed E-state index contributed by atoms with van der Waals surface area (Å²) in [6.45, 7) is -0.351. The van der Waals surface area contributed by atoms with Crippen LogP contribution in [0.2, 0.25) is 10.0 Å². The normalized spacial score (nSPS) is 21.4. The van der Waals surface area contributed by atoms with Gasteiger partial charge in [-0.25, -0.2) is 0 Å². The summed E-state index contributed by atoms with van der Waals surface area (Å²) in [6.07, 6.45) is 0.687. The Morgan fingerprint density at radius 3 is 2.72 bits per heavy atom. The number of carboxylic acid groups (broad SMARTS) is 1. The van der Waals surface area contributed by atoms with Gasteiger partial charge in [-0.2, -0.15) is 0 Å². The van der Waals surface area contributed by atoms with Crippen LogP contribution in [0.15, 0.2) is 18.2 Å². The predicted molar refractivity (Wildman–Crippen MR) is 68.0 cm³/mol. The van der Waals surface area contributed by atoms with Crippen molar-refractivity contribution in [2.75, 3.05) is 6.54 Å². The maximum Gasteiger partial charge on any atom is 0.322 e. The summed E-state index contributed by atoms with van der Waals surface area (Å²) in [4.78, 5) is 22.0. The number of nitrogens with one attached hydrogen (secondary N) is 1. The highest BCUT2D eigenvalue weighted by Gasteiger charge is 2.44. The Balaban J connectivity index is 1.98. The lowest BCUT2D eigenvalue weighted by Crippen LogP contribution is -2.30. The zero-order valence-corrected chi connectivity index (χ0v) is 10.8. The second-order valence-electron chi connectivity index (χ2n) is 4.23. The predicted octanol–water partition coefficient (Wildman–Crippen LogP) is 2.30. The summed E-state index contributed by atoms with van der Waals surface area (Å²) in [5, 5.41) is 11.9. The van der Waals surface area contributed by atoms with Crippen LogP contribution in [0, 0.1) is 5.92 Å². The van der Waals surface area contributed by atoms with E-state index in [1.165, 1.54) is 0 Å². The number of amides is 1. The summed E-state index contributed by atoms with van der Waals surface area (Å²) in [7, 11) is 0. The van der Waals surface area contributed by atoms with Crippen molar-refractivity contribution < 1.29 is 14.7 Å². The third-order valence-corrected chi connectivity index (χ3v) is 3.47. The van der Waals surface area contributed by atoms with Gasteiger partial charge in [0.05, 0.1) is 0 Å². The Labute approximate surface area is 114 Å². The van der Waals surface area contributed by atoms with Crippen LogP contribution in [-0.4, -0.2) is 23.5 Å². The van der Waals surface area contributed by atoms with E-state index in [4.69, 9.17) is 28.3 Å². The summed E-state index contributed by atoms with van der Waals surface area (Å²) >= 11 is 11.8. The Hall–Kier alpha value is -1.26. The molecule has 1 aromatic carbocycles. The Kier molecular flexibility index (Phi) is 3.78. The van der Waals surface area contributed by atoms with Crippen molar-refractivity contribution in [1.29, 1.82) is 0 Å². The van der Waals surface area contributed by atoms with Gasteiger partial charge in [0.25, 0.3) is 0 Å². The first-order valence-electron chi connectivity index (χ1n) is 5.43. The fourth-order valence-electron chi connectivity index (χ4n) is 1.92. The van der Waals surface area contributed by atoms with Crippen LogP contribution in [0.4, 0.5) is 0 Å². The van der Waals surface area contributed by atoms with Crippen molar-refractivity contribution in [2.45, 2.75) is 12.3 Å². The number of rotatable bonds is 4. The number of hydrogen-bond acceptors (Lipinski definition) is 2. The molecule has 1 saturated carbocycles. The van der Waals surface area contributed by atoms with E-state index in [0.717, 1.165) is 5.56 Å². The fraction of sp³-hybridized carbons (Fsp3) is 0.333. The zero-order valence-electron chi connectivity index (χ0n) is 9.32. The quantitative estimate of drug-likeness (QED) is 0.893. The second-order valence-corrected chi connectivity index (χ2v) is 5.07. The van der Waals surface area contributed by atoms with Gasteiger partial charge >= 0.3 is 5.97 Å². The van der Waals surface area contributed by atoms with Crippen molar-refractivity contribution in [3.8, 4) is 0 Å². The molecule has 0 spiro atoms. The molecule has 96 valence electrons. The number of benzene rings is 1. The molecule has 0 aromatic heterocycles. The van der Waals surface area contributed by atoms with Gasteiger partial charge in [0.15, 0.2) is 0 Å². The molecule has 1 fully saturated rings. The Morgan fingerprint density at radius 1 is 1.39 bits per heavy atom. The maximum atomic E-state index is 11.6. The van der Waals surface area contributed by atoms with Gasteiger partial charge in [0, 0.05) is 16.0 Å². The molecule has 0 aliphatic heterocycles. The minimum absolute atomic E-state index is 0.0589. The van der Waals surface area contributed by atoms with Crippen LogP contribution in [0.5, 0.6) is 0 Å². The maximum absolute atomic E-state index is 11.6. The van der Waals surface area contributed by atoms with Crippen LogP contribution in [-0.2, 0) is 9.59 Å². The lowest BCUT2D eigenvalue weighted by molar-refractivity contribution is -0.138. The molecule has 6 heteroatoms. The van der Waals surface area contributed by atoms with Crippen LogP contribution in [0.1, 0.15) is 17.9 Å². The highest BCUT2D eigenvalue weighted by molar-refractivity contribution is 6.35. The van der Waals surface area contributed by atoms with Gasteiger partial charge in [-0.15, -0.1) is 0 Å². The molecule has 0 heterocycles. The monoisotopic (exact) mass is 287 g/mol. The minimum atomic E-state index is -1.05. The molecule has 1 amide bonds. The number of carbonyl (C=O) groups excluding carboxylic acids is 1. The van der Waals surface area contributed by atoms with Crippen molar-refractivity contribution in [1.82, 2.24) is 5.32 Å². The number of carboxylic acids is 1. The summed E-state index contributed by atoms with van der Waals surface area (Å²) < 4.78 is 0. The summed E-state index contributed by atoms with van der Waals surface area (Å²) in [6, 6.07) is 5.18. The van der Waals surface area contributed by atoms with Crippen molar-refractivity contribution in [3.63, 3.8) is 0 Å². The molecule has 18 heavy (non-hydrogen) atoms. The Bertz CT molecular complexity index is 504. The van der Waals surface area contributed by atoms with Gasteiger partial charge in [0.1, 0.15) is 6.54 Å². The standard InChI is InChI=1S/C12H11Cl2NO3/c13-6-1-2-7(10(14)3-6)8-4-9(8)12(18)15-5-11(16)17/h1-3,8-9H,4-5H2,(H,15,18)(H,16,17)/t8-,9+/m0/s1. The fourth-order valence-corrected chi connectivity index (χ4v) is 2.47. The molecule has 0 radical (unpaired) electrons. The first kappa shape index (κ1) is 13.2. The zero-order chi connectivity index (χ0) is 13.3. The molecule has 1 aromatic rings. The third kappa shape index (κ3) is 2.94. The van der Waals surface area contributed by atoms with E-state index in [2.05, 4.69) is 5.32 Å².